The molecule has 0 unspecified atom stereocenters. The monoisotopic (exact) mass is 476 g/mol. The van der Waals surface area contributed by atoms with Gasteiger partial charge in [0, 0.05) is 39.3 Å². The van der Waals surface area contributed by atoms with Crippen molar-refractivity contribution in [2.45, 2.75) is 24.6 Å². The number of rotatable bonds is 6. The van der Waals surface area contributed by atoms with Gasteiger partial charge in [-0.2, -0.15) is 26.3 Å². The van der Waals surface area contributed by atoms with Crippen LogP contribution in [0, 0.1) is 0 Å². The molecule has 0 bridgehead atoms. The predicted octanol–water partition coefficient (Wildman–Crippen LogP) is 0.326. The molecule has 0 saturated carbocycles. The Balaban J connectivity index is 2.06. The van der Waals surface area contributed by atoms with Gasteiger partial charge in [0.25, 0.3) is 0 Å². The fraction of sp³-hybridized carbons (Fsp3) is 1.00. The zero-order valence-electron chi connectivity index (χ0n) is 15.2. The lowest BCUT2D eigenvalue weighted by atomic mass is 10.2. The van der Waals surface area contributed by atoms with Gasteiger partial charge >= 0.3 is 12.4 Å². The number of ether oxygens (including phenoxy) is 1. The van der Waals surface area contributed by atoms with Crippen LogP contribution >= 0.6 is 0 Å². The van der Waals surface area contributed by atoms with Gasteiger partial charge in [0.1, 0.15) is 0 Å². The van der Waals surface area contributed by atoms with E-state index in [1.165, 1.54) is 0 Å². The van der Waals surface area contributed by atoms with E-state index in [1.807, 2.05) is 0 Å². The van der Waals surface area contributed by atoms with Crippen LogP contribution in [0.1, 0.15) is 0 Å². The Bertz CT molecular complexity index is 676. The first-order valence-corrected chi connectivity index (χ1v) is 12.4. The molecule has 2 fully saturated rings. The van der Waals surface area contributed by atoms with Crippen molar-refractivity contribution in [3.63, 3.8) is 0 Å². The highest BCUT2D eigenvalue weighted by molar-refractivity contribution is 7.91. The number of alkyl halides is 6. The van der Waals surface area contributed by atoms with Crippen LogP contribution < -0.4 is 0 Å². The van der Waals surface area contributed by atoms with Crippen molar-refractivity contribution in [3.05, 3.63) is 0 Å². The van der Waals surface area contributed by atoms with Gasteiger partial charge in [0.05, 0.1) is 23.0 Å². The lowest BCUT2D eigenvalue weighted by molar-refractivity contribution is -0.290. The first-order chi connectivity index (χ1) is 13.1. The summed E-state index contributed by atoms with van der Waals surface area (Å²) < 4.78 is 130. The minimum atomic E-state index is -5.09. The third-order valence-electron chi connectivity index (χ3n) is 4.78. The molecule has 0 aliphatic carbocycles. The summed E-state index contributed by atoms with van der Waals surface area (Å²) in [6.45, 7) is -2.73. The number of halogens is 6. The fourth-order valence-corrected chi connectivity index (χ4v) is 5.53. The minimum Gasteiger partial charge on any atom is -0.353 e. The van der Waals surface area contributed by atoms with Crippen LogP contribution in [0.15, 0.2) is 0 Å². The molecule has 0 aromatic carbocycles. The molecule has 15 heteroatoms. The van der Waals surface area contributed by atoms with Crippen LogP contribution in [0.4, 0.5) is 26.3 Å². The molecule has 172 valence electrons. The van der Waals surface area contributed by atoms with Crippen molar-refractivity contribution in [3.8, 4) is 0 Å². The van der Waals surface area contributed by atoms with Crippen LogP contribution in [0.25, 0.3) is 0 Å². The van der Waals surface area contributed by atoms with Gasteiger partial charge in [0.2, 0.25) is 0 Å². The van der Waals surface area contributed by atoms with E-state index in [0.717, 1.165) is 9.80 Å². The van der Waals surface area contributed by atoms with Crippen molar-refractivity contribution in [2.24, 2.45) is 0 Å². The van der Waals surface area contributed by atoms with E-state index in [0.29, 0.717) is 0 Å². The normalized spacial score (nSPS) is 26.1. The summed E-state index contributed by atoms with van der Waals surface area (Å²) in [5, 5.41) is 0. The van der Waals surface area contributed by atoms with Crippen LogP contribution in [0.2, 0.25) is 0 Å². The average Bonchev–Trinajstić information content (AvgIpc) is 2.54. The second-order valence-electron chi connectivity index (χ2n) is 7.10. The molecule has 2 rings (SSSR count). The molecule has 7 nitrogen and oxygen atoms in total. The Labute approximate surface area is 164 Å². The maximum absolute atomic E-state index is 13.3. The van der Waals surface area contributed by atoms with Crippen LogP contribution in [-0.4, -0.2) is 113 Å². The third-order valence-corrected chi connectivity index (χ3v) is 8.00. The summed E-state index contributed by atoms with van der Waals surface area (Å²) in [6.07, 6.45) is -15.7. The van der Waals surface area contributed by atoms with Crippen molar-refractivity contribution >= 4 is 19.7 Å². The van der Waals surface area contributed by atoms with Gasteiger partial charge in [-0.3, -0.25) is 9.80 Å². The molecular weight excluding hydrogens is 454 g/mol. The zero-order valence-corrected chi connectivity index (χ0v) is 16.9. The summed E-state index contributed by atoms with van der Waals surface area (Å²) >= 11 is 0. The maximum Gasteiger partial charge on any atom is 0.415 e. The summed E-state index contributed by atoms with van der Waals surface area (Å²) in [7, 11) is -6.72. The zero-order chi connectivity index (χ0) is 22.1. The van der Waals surface area contributed by atoms with Crippen molar-refractivity contribution in [2.75, 3.05) is 62.3 Å². The highest BCUT2D eigenvalue weighted by Crippen LogP contribution is 2.31. The van der Waals surface area contributed by atoms with Gasteiger partial charge in [-0.05, 0) is 0 Å². The molecule has 0 aromatic heterocycles. The van der Waals surface area contributed by atoms with Crippen LogP contribution in [-0.2, 0) is 24.4 Å². The first kappa shape index (κ1) is 24.6. The van der Waals surface area contributed by atoms with E-state index in [-0.39, 0.29) is 49.2 Å². The van der Waals surface area contributed by atoms with Crippen molar-refractivity contribution in [1.29, 1.82) is 0 Å². The lowest BCUT2D eigenvalue weighted by Crippen LogP contribution is -2.54. The quantitative estimate of drug-likeness (QED) is 0.511. The highest BCUT2D eigenvalue weighted by atomic mass is 32.2. The van der Waals surface area contributed by atoms with E-state index in [4.69, 9.17) is 0 Å². The van der Waals surface area contributed by atoms with Gasteiger partial charge in [-0.1, -0.05) is 0 Å². The number of hydrogen-bond donors (Lipinski definition) is 0. The Morgan fingerprint density at radius 3 is 1.17 bits per heavy atom. The van der Waals surface area contributed by atoms with E-state index in [2.05, 4.69) is 4.74 Å². The second-order valence-corrected chi connectivity index (χ2v) is 11.7. The molecule has 2 atom stereocenters. The summed E-state index contributed by atoms with van der Waals surface area (Å²) in [5.41, 5.74) is 0. The van der Waals surface area contributed by atoms with E-state index < -0.39 is 57.3 Å². The average molecular weight is 476 g/mol. The number of hydrogen-bond acceptors (Lipinski definition) is 7. The second kappa shape index (κ2) is 8.85. The summed E-state index contributed by atoms with van der Waals surface area (Å²) in [4.78, 5) is 2.22. The van der Waals surface area contributed by atoms with Gasteiger partial charge in [0.15, 0.2) is 31.9 Å². The lowest BCUT2D eigenvalue weighted by Gasteiger charge is -2.36. The highest BCUT2D eigenvalue weighted by Gasteiger charge is 2.50. The van der Waals surface area contributed by atoms with E-state index in [9.17, 15) is 43.2 Å². The Morgan fingerprint density at radius 2 is 0.931 bits per heavy atom. The Kier molecular flexibility index (Phi) is 7.51. The molecule has 0 amide bonds. The van der Waals surface area contributed by atoms with E-state index >= 15 is 0 Å². The fourth-order valence-electron chi connectivity index (χ4n) is 2.98. The van der Waals surface area contributed by atoms with Gasteiger partial charge < -0.3 is 4.74 Å². The Morgan fingerprint density at radius 1 is 0.655 bits per heavy atom. The summed E-state index contributed by atoms with van der Waals surface area (Å²) in [6, 6.07) is 0. The molecular formula is C14H22F6N2O5S2. The molecule has 0 N–H and O–H groups in total. The van der Waals surface area contributed by atoms with Crippen LogP contribution in [0.3, 0.4) is 0 Å². The minimum absolute atomic E-state index is 0.223. The van der Waals surface area contributed by atoms with Gasteiger partial charge in [-0.25, -0.2) is 16.8 Å². The van der Waals surface area contributed by atoms with Crippen molar-refractivity contribution < 1.29 is 47.9 Å². The molecule has 0 spiro atoms. The number of nitrogens with zero attached hydrogens (tertiary/aromatic N) is 2. The number of sulfone groups is 2. The van der Waals surface area contributed by atoms with Gasteiger partial charge in [-0.15, -0.1) is 0 Å². The molecule has 2 aliphatic heterocycles. The topological polar surface area (TPSA) is 84.0 Å². The predicted molar refractivity (Wildman–Crippen MR) is 91.0 cm³/mol. The summed E-state index contributed by atoms with van der Waals surface area (Å²) in [5.74, 6) is -1.49. The third kappa shape index (κ3) is 7.84. The molecule has 0 aromatic rings. The smallest absolute Gasteiger partial charge is 0.353 e. The van der Waals surface area contributed by atoms with Crippen molar-refractivity contribution in [1.82, 2.24) is 9.80 Å². The first-order valence-electron chi connectivity index (χ1n) is 8.72. The molecule has 2 aliphatic rings. The molecule has 29 heavy (non-hydrogen) atoms. The standard InChI is InChI=1S/C14H22F6N2O5S2/c15-13(16,17)11(9-21-1-5-28(23,24)6-2-21)27-12(14(18,19)20)10-22-3-7-29(25,26)8-4-22/h11-12H,1-10H2/t11-,12-/m0/s1. The maximum atomic E-state index is 13.3. The Hall–Kier alpha value is -0.640. The largest absolute Gasteiger partial charge is 0.415 e. The molecule has 0 radical (unpaired) electrons. The molecule has 2 saturated heterocycles. The molecule has 2 heterocycles. The SMILES string of the molecule is O=S1(=O)CCN(C[C@H](O[C@@H](CN2CCS(=O)(=O)CC2)C(F)(F)F)C(F)(F)F)CC1. The van der Waals surface area contributed by atoms with Crippen LogP contribution in [0.5, 0.6) is 0 Å². The van der Waals surface area contributed by atoms with E-state index in [1.54, 1.807) is 0 Å².